The molecular weight excluding hydrogens is 272 g/mol. The molecule has 3 nitrogen and oxygen atoms in total. The Hall–Kier alpha value is -1.35. The van der Waals surface area contributed by atoms with E-state index < -0.39 is 0 Å². The maximum absolute atomic E-state index is 12.7. The van der Waals surface area contributed by atoms with Crippen LogP contribution in [-0.4, -0.2) is 10.8 Å². The van der Waals surface area contributed by atoms with Crippen LogP contribution in [0.25, 0.3) is 0 Å². The Bertz CT molecular complexity index is 546. The van der Waals surface area contributed by atoms with Crippen LogP contribution < -0.4 is 5.73 Å². The van der Waals surface area contributed by atoms with E-state index in [0.29, 0.717) is 11.8 Å². The summed E-state index contributed by atoms with van der Waals surface area (Å²) in [5, 5.41) is 0. The van der Waals surface area contributed by atoms with Gasteiger partial charge >= 0.3 is 0 Å². The summed E-state index contributed by atoms with van der Waals surface area (Å²) in [6.45, 7) is 5.85. The van der Waals surface area contributed by atoms with E-state index in [1.165, 1.54) is 36.0 Å². The van der Waals surface area contributed by atoms with Crippen LogP contribution in [0.4, 0.5) is 0 Å². The van der Waals surface area contributed by atoms with Gasteiger partial charge in [-0.3, -0.25) is 4.79 Å². The molecule has 0 saturated heterocycles. The first kappa shape index (κ1) is 15.5. The molecule has 0 aromatic heterocycles. The lowest BCUT2D eigenvalue weighted by Crippen LogP contribution is -2.33. The van der Waals surface area contributed by atoms with E-state index in [2.05, 4.69) is 32.0 Å². The largest absolute Gasteiger partial charge is 0.334 e. The van der Waals surface area contributed by atoms with Gasteiger partial charge in [0.15, 0.2) is 0 Å². The average Bonchev–Trinajstić information content (AvgIpc) is 2.97. The first-order chi connectivity index (χ1) is 10.6. The van der Waals surface area contributed by atoms with Crippen molar-refractivity contribution in [3.05, 3.63) is 34.9 Å². The fourth-order valence-electron chi connectivity index (χ4n) is 3.77. The molecule has 1 aliphatic carbocycles. The molecule has 1 saturated carbocycles. The third-order valence-electron chi connectivity index (χ3n) is 5.32. The number of carbonyl (C=O) groups excluding carboxylic acids is 1. The Kier molecular flexibility index (Phi) is 4.53. The standard InChI is InChI=1S/C19H28N2O/c1-13(2)18(20)15-8-9-16-11-21(12-17(16)10-15)19(22)14-6-4-3-5-7-14/h8-10,13-14,18H,3-7,11-12,20H2,1-2H3. The molecule has 120 valence electrons. The van der Waals surface area contributed by atoms with Crippen molar-refractivity contribution in [1.29, 1.82) is 0 Å². The van der Waals surface area contributed by atoms with E-state index in [9.17, 15) is 4.79 Å². The van der Waals surface area contributed by atoms with Crippen molar-refractivity contribution in [2.24, 2.45) is 17.6 Å². The van der Waals surface area contributed by atoms with E-state index in [1.807, 2.05) is 4.90 Å². The second-order valence-electron chi connectivity index (χ2n) is 7.33. The van der Waals surface area contributed by atoms with Crippen LogP contribution in [0.5, 0.6) is 0 Å². The van der Waals surface area contributed by atoms with Crippen LogP contribution in [0.1, 0.15) is 68.7 Å². The lowest BCUT2D eigenvalue weighted by atomic mass is 9.88. The molecule has 3 heteroatoms. The molecule has 1 aromatic carbocycles. The van der Waals surface area contributed by atoms with Crippen molar-refractivity contribution < 1.29 is 4.79 Å². The zero-order valence-electron chi connectivity index (χ0n) is 13.8. The summed E-state index contributed by atoms with van der Waals surface area (Å²) >= 11 is 0. The van der Waals surface area contributed by atoms with E-state index in [0.717, 1.165) is 25.9 Å². The van der Waals surface area contributed by atoms with Crippen LogP contribution in [0.3, 0.4) is 0 Å². The maximum atomic E-state index is 12.7. The highest BCUT2D eigenvalue weighted by Gasteiger charge is 2.30. The Labute approximate surface area is 133 Å². The number of benzene rings is 1. The number of carbonyl (C=O) groups is 1. The molecule has 3 rings (SSSR count). The Balaban J connectivity index is 1.71. The van der Waals surface area contributed by atoms with Crippen molar-refractivity contribution in [1.82, 2.24) is 4.90 Å². The first-order valence-corrected chi connectivity index (χ1v) is 8.72. The van der Waals surface area contributed by atoms with Gasteiger partial charge in [0.25, 0.3) is 0 Å². The molecule has 2 aliphatic rings. The van der Waals surface area contributed by atoms with Gasteiger partial charge < -0.3 is 10.6 Å². The van der Waals surface area contributed by atoms with E-state index in [-0.39, 0.29) is 12.0 Å². The molecule has 22 heavy (non-hydrogen) atoms. The van der Waals surface area contributed by atoms with Crippen LogP contribution in [0.2, 0.25) is 0 Å². The molecule has 1 aromatic rings. The molecule has 0 spiro atoms. The predicted octanol–water partition coefficient (Wildman–Crippen LogP) is 3.76. The first-order valence-electron chi connectivity index (χ1n) is 8.72. The smallest absolute Gasteiger partial charge is 0.226 e. The second-order valence-corrected chi connectivity index (χ2v) is 7.33. The number of amides is 1. The van der Waals surface area contributed by atoms with Gasteiger partial charge in [0, 0.05) is 25.0 Å². The summed E-state index contributed by atoms with van der Waals surface area (Å²) in [7, 11) is 0. The van der Waals surface area contributed by atoms with Gasteiger partial charge in [-0.2, -0.15) is 0 Å². The molecule has 0 bridgehead atoms. The Morgan fingerprint density at radius 3 is 2.50 bits per heavy atom. The highest BCUT2D eigenvalue weighted by molar-refractivity contribution is 5.79. The zero-order chi connectivity index (χ0) is 15.7. The van der Waals surface area contributed by atoms with Gasteiger partial charge in [-0.15, -0.1) is 0 Å². The molecular formula is C19H28N2O. The number of nitrogens with zero attached hydrogens (tertiary/aromatic N) is 1. The fraction of sp³-hybridized carbons (Fsp3) is 0.632. The molecule has 1 heterocycles. The summed E-state index contributed by atoms with van der Waals surface area (Å²) in [6, 6.07) is 6.60. The Morgan fingerprint density at radius 1 is 1.14 bits per heavy atom. The zero-order valence-corrected chi connectivity index (χ0v) is 13.8. The number of fused-ring (bicyclic) bond motifs is 1. The van der Waals surface area contributed by atoms with E-state index >= 15 is 0 Å². The van der Waals surface area contributed by atoms with Gasteiger partial charge in [0.1, 0.15) is 0 Å². The van der Waals surface area contributed by atoms with E-state index in [4.69, 9.17) is 5.73 Å². The third-order valence-corrected chi connectivity index (χ3v) is 5.32. The van der Waals surface area contributed by atoms with Crippen LogP contribution in [0, 0.1) is 11.8 Å². The fourth-order valence-corrected chi connectivity index (χ4v) is 3.77. The molecule has 1 unspecified atom stereocenters. The summed E-state index contributed by atoms with van der Waals surface area (Å²) in [5.41, 5.74) is 10.0. The summed E-state index contributed by atoms with van der Waals surface area (Å²) in [5.74, 6) is 1.06. The van der Waals surface area contributed by atoms with E-state index in [1.54, 1.807) is 0 Å². The molecule has 1 fully saturated rings. The molecule has 1 atom stereocenters. The number of nitrogens with two attached hydrogens (primary N) is 1. The lowest BCUT2D eigenvalue weighted by molar-refractivity contribution is -0.137. The molecule has 0 radical (unpaired) electrons. The Morgan fingerprint density at radius 2 is 1.82 bits per heavy atom. The molecule has 1 aliphatic heterocycles. The minimum absolute atomic E-state index is 0.0772. The third kappa shape index (κ3) is 3.05. The number of hydrogen-bond donors (Lipinski definition) is 1. The average molecular weight is 300 g/mol. The van der Waals surface area contributed by atoms with Crippen molar-refractivity contribution in [2.45, 2.75) is 65.1 Å². The normalized spacial score (nSPS) is 20.3. The van der Waals surface area contributed by atoms with Gasteiger partial charge in [0.05, 0.1) is 0 Å². The van der Waals surface area contributed by atoms with Gasteiger partial charge in [-0.1, -0.05) is 51.3 Å². The van der Waals surface area contributed by atoms with Crippen LogP contribution in [-0.2, 0) is 17.9 Å². The minimum atomic E-state index is 0.0772. The topological polar surface area (TPSA) is 46.3 Å². The van der Waals surface area contributed by atoms with Crippen molar-refractivity contribution in [3.8, 4) is 0 Å². The van der Waals surface area contributed by atoms with Gasteiger partial charge in [-0.25, -0.2) is 0 Å². The second kappa shape index (κ2) is 6.41. The lowest BCUT2D eigenvalue weighted by Gasteiger charge is -2.25. The molecule has 1 amide bonds. The summed E-state index contributed by atoms with van der Waals surface area (Å²) in [6.07, 6.45) is 5.87. The van der Waals surface area contributed by atoms with Crippen molar-refractivity contribution >= 4 is 5.91 Å². The van der Waals surface area contributed by atoms with Crippen LogP contribution >= 0.6 is 0 Å². The highest BCUT2D eigenvalue weighted by atomic mass is 16.2. The quantitative estimate of drug-likeness (QED) is 0.923. The number of hydrogen-bond acceptors (Lipinski definition) is 2. The highest BCUT2D eigenvalue weighted by Crippen LogP contribution is 2.31. The van der Waals surface area contributed by atoms with Gasteiger partial charge in [-0.05, 0) is 35.4 Å². The summed E-state index contributed by atoms with van der Waals surface area (Å²) in [4.78, 5) is 14.7. The number of rotatable bonds is 3. The SMILES string of the molecule is CC(C)C(N)c1ccc2c(c1)CN(C(=O)C1CCCCC1)C2. The van der Waals surface area contributed by atoms with Crippen molar-refractivity contribution in [3.63, 3.8) is 0 Å². The van der Waals surface area contributed by atoms with Crippen molar-refractivity contribution in [2.75, 3.05) is 0 Å². The van der Waals surface area contributed by atoms with Crippen LogP contribution in [0.15, 0.2) is 18.2 Å². The maximum Gasteiger partial charge on any atom is 0.226 e. The predicted molar refractivity (Wildman–Crippen MR) is 89.0 cm³/mol. The van der Waals surface area contributed by atoms with Gasteiger partial charge in [0.2, 0.25) is 5.91 Å². The monoisotopic (exact) mass is 300 g/mol. The molecule has 2 N–H and O–H groups in total. The summed E-state index contributed by atoms with van der Waals surface area (Å²) < 4.78 is 0. The minimum Gasteiger partial charge on any atom is -0.334 e.